The fraction of sp³-hybridized carbons (Fsp3) is 1.00. The smallest absolute Gasteiger partial charge is 0.279 e. The summed E-state index contributed by atoms with van der Waals surface area (Å²) in [7, 11) is 0.197. The number of thioether (sulfide) groups is 1. The van der Waals surface area contributed by atoms with E-state index >= 15 is 0 Å². The second kappa shape index (κ2) is 7.69. The fourth-order valence-electron chi connectivity index (χ4n) is 2.16. The number of hydrogen-bond acceptors (Lipinski definition) is 4. The highest BCUT2D eigenvalue weighted by molar-refractivity contribution is 7.99. The van der Waals surface area contributed by atoms with Crippen molar-refractivity contribution >= 4 is 22.0 Å². The lowest BCUT2D eigenvalue weighted by Gasteiger charge is -2.20. The van der Waals surface area contributed by atoms with Crippen molar-refractivity contribution in [1.82, 2.24) is 14.3 Å². The van der Waals surface area contributed by atoms with Gasteiger partial charge in [0.15, 0.2) is 0 Å². The SMILES string of the molecule is CNCCCN(C)S(=O)(=O)NC1CCC(SC)C1. The lowest BCUT2D eigenvalue weighted by Crippen LogP contribution is -2.43. The van der Waals surface area contributed by atoms with E-state index in [1.165, 1.54) is 4.31 Å². The Morgan fingerprint density at radius 2 is 2.11 bits per heavy atom. The first-order valence-electron chi connectivity index (χ1n) is 6.40. The van der Waals surface area contributed by atoms with Gasteiger partial charge in [-0.1, -0.05) is 0 Å². The molecule has 0 aliphatic heterocycles. The molecule has 18 heavy (non-hydrogen) atoms. The molecule has 0 amide bonds. The number of nitrogens with one attached hydrogen (secondary N) is 2. The quantitative estimate of drug-likeness (QED) is 0.645. The summed E-state index contributed by atoms with van der Waals surface area (Å²) in [5, 5.41) is 3.62. The predicted molar refractivity (Wildman–Crippen MR) is 78.2 cm³/mol. The Balaban J connectivity index is 2.39. The summed E-state index contributed by atoms with van der Waals surface area (Å²) < 4.78 is 28.4. The molecule has 0 saturated heterocycles. The highest BCUT2D eigenvalue weighted by Gasteiger charge is 2.28. The third-order valence-electron chi connectivity index (χ3n) is 3.34. The van der Waals surface area contributed by atoms with E-state index < -0.39 is 10.2 Å². The lowest BCUT2D eigenvalue weighted by atomic mass is 10.3. The Hall–Kier alpha value is 0.180. The molecular formula is C11H25N3O2S2. The average molecular weight is 295 g/mol. The van der Waals surface area contributed by atoms with E-state index in [9.17, 15) is 8.42 Å². The molecule has 0 aromatic heterocycles. The molecule has 1 rings (SSSR count). The van der Waals surface area contributed by atoms with E-state index in [2.05, 4.69) is 16.3 Å². The third-order valence-corrected chi connectivity index (χ3v) is 6.07. The Morgan fingerprint density at radius 1 is 1.39 bits per heavy atom. The molecule has 1 fully saturated rings. The molecule has 7 heteroatoms. The molecule has 5 nitrogen and oxygen atoms in total. The normalized spacial score (nSPS) is 24.9. The average Bonchev–Trinajstić information content (AvgIpc) is 2.76. The van der Waals surface area contributed by atoms with Crippen LogP contribution in [0.15, 0.2) is 0 Å². The first-order valence-corrected chi connectivity index (χ1v) is 9.13. The van der Waals surface area contributed by atoms with Crippen LogP contribution in [0.1, 0.15) is 25.7 Å². The van der Waals surface area contributed by atoms with E-state index in [-0.39, 0.29) is 6.04 Å². The zero-order chi connectivity index (χ0) is 13.6. The van der Waals surface area contributed by atoms with Crippen LogP contribution in [-0.4, -0.2) is 57.5 Å². The number of rotatable bonds is 8. The largest absolute Gasteiger partial charge is 0.320 e. The molecule has 0 aromatic rings. The van der Waals surface area contributed by atoms with Gasteiger partial charge in [-0.15, -0.1) is 0 Å². The summed E-state index contributed by atoms with van der Waals surface area (Å²) >= 11 is 1.83. The fourth-order valence-corrected chi connectivity index (χ4v) is 4.14. The summed E-state index contributed by atoms with van der Waals surface area (Å²) in [6, 6.07) is 0.110. The maximum Gasteiger partial charge on any atom is 0.279 e. The zero-order valence-corrected chi connectivity index (χ0v) is 13.1. The van der Waals surface area contributed by atoms with E-state index in [1.54, 1.807) is 7.05 Å². The van der Waals surface area contributed by atoms with Gasteiger partial charge >= 0.3 is 0 Å². The molecule has 2 unspecified atom stereocenters. The highest BCUT2D eigenvalue weighted by atomic mass is 32.2. The summed E-state index contributed by atoms with van der Waals surface area (Å²) in [5.74, 6) is 0. The van der Waals surface area contributed by atoms with Gasteiger partial charge in [-0.2, -0.15) is 29.2 Å². The van der Waals surface area contributed by atoms with Gasteiger partial charge in [-0.3, -0.25) is 0 Å². The van der Waals surface area contributed by atoms with Crippen LogP contribution in [-0.2, 0) is 10.2 Å². The van der Waals surface area contributed by atoms with Crippen LogP contribution < -0.4 is 10.0 Å². The second-order valence-electron chi connectivity index (χ2n) is 4.77. The molecule has 0 aromatic carbocycles. The van der Waals surface area contributed by atoms with Gasteiger partial charge in [-0.05, 0) is 45.5 Å². The van der Waals surface area contributed by atoms with Crippen molar-refractivity contribution in [3.8, 4) is 0 Å². The molecule has 2 N–H and O–H groups in total. The highest BCUT2D eigenvalue weighted by Crippen LogP contribution is 2.28. The van der Waals surface area contributed by atoms with Crippen LogP contribution in [0.3, 0.4) is 0 Å². The summed E-state index contributed by atoms with van der Waals surface area (Å²) in [5.41, 5.74) is 0. The Bertz CT molecular complexity index is 335. The number of nitrogens with zero attached hydrogens (tertiary/aromatic N) is 1. The van der Waals surface area contributed by atoms with Crippen molar-refractivity contribution in [2.24, 2.45) is 0 Å². The van der Waals surface area contributed by atoms with Crippen LogP contribution in [0.25, 0.3) is 0 Å². The molecule has 0 bridgehead atoms. The maximum atomic E-state index is 12.1. The second-order valence-corrected chi connectivity index (χ2v) is 7.72. The van der Waals surface area contributed by atoms with E-state index in [1.807, 2.05) is 18.8 Å². The van der Waals surface area contributed by atoms with E-state index in [4.69, 9.17) is 0 Å². The van der Waals surface area contributed by atoms with Gasteiger partial charge in [-0.25, -0.2) is 0 Å². The molecule has 0 radical (unpaired) electrons. The van der Waals surface area contributed by atoms with Crippen LogP contribution >= 0.6 is 11.8 Å². The van der Waals surface area contributed by atoms with Crippen molar-refractivity contribution in [1.29, 1.82) is 0 Å². The van der Waals surface area contributed by atoms with E-state index in [0.717, 1.165) is 32.2 Å². The molecule has 1 aliphatic carbocycles. The van der Waals surface area contributed by atoms with Crippen molar-refractivity contribution < 1.29 is 8.42 Å². The van der Waals surface area contributed by atoms with Gasteiger partial charge in [0.1, 0.15) is 0 Å². The van der Waals surface area contributed by atoms with Crippen molar-refractivity contribution in [3.63, 3.8) is 0 Å². The molecule has 2 atom stereocenters. The molecular weight excluding hydrogens is 270 g/mol. The first kappa shape index (κ1) is 16.2. The third kappa shape index (κ3) is 5.05. The van der Waals surface area contributed by atoms with Gasteiger partial charge in [0.25, 0.3) is 10.2 Å². The Kier molecular flexibility index (Phi) is 6.94. The topological polar surface area (TPSA) is 61.4 Å². The summed E-state index contributed by atoms with van der Waals surface area (Å²) in [6.45, 7) is 1.38. The molecule has 1 saturated carbocycles. The maximum absolute atomic E-state index is 12.1. The molecule has 108 valence electrons. The monoisotopic (exact) mass is 295 g/mol. The summed E-state index contributed by atoms with van der Waals surface area (Å²) in [4.78, 5) is 0. The minimum absolute atomic E-state index is 0.110. The van der Waals surface area contributed by atoms with Crippen molar-refractivity contribution in [2.75, 3.05) is 33.4 Å². The minimum Gasteiger partial charge on any atom is -0.320 e. The van der Waals surface area contributed by atoms with Gasteiger partial charge in [0, 0.05) is 24.9 Å². The zero-order valence-electron chi connectivity index (χ0n) is 11.5. The lowest BCUT2D eigenvalue weighted by molar-refractivity contribution is 0.438. The minimum atomic E-state index is -3.31. The van der Waals surface area contributed by atoms with Crippen LogP contribution in [0.4, 0.5) is 0 Å². The summed E-state index contributed by atoms with van der Waals surface area (Å²) in [6.07, 6.45) is 5.93. The molecule has 1 aliphatic rings. The molecule has 0 heterocycles. The van der Waals surface area contributed by atoms with E-state index in [0.29, 0.717) is 11.8 Å². The van der Waals surface area contributed by atoms with Gasteiger partial charge in [0.05, 0.1) is 0 Å². The predicted octanol–water partition coefficient (Wildman–Crippen LogP) is 0.646. The van der Waals surface area contributed by atoms with Crippen LogP contribution in [0, 0.1) is 0 Å². The standard InChI is InChI=1S/C11H25N3O2S2/c1-12-7-4-8-14(2)18(15,16)13-10-5-6-11(9-10)17-3/h10-13H,4-9H2,1-3H3. The Labute approximate surface area is 115 Å². The van der Waals surface area contributed by atoms with Gasteiger partial charge in [0.2, 0.25) is 0 Å². The first-order chi connectivity index (χ1) is 8.49. The Morgan fingerprint density at radius 3 is 2.67 bits per heavy atom. The van der Waals surface area contributed by atoms with Crippen molar-refractivity contribution in [3.05, 3.63) is 0 Å². The van der Waals surface area contributed by atoms with Crippen molar-refractivity contribution in [2.45, 2.75) is 37.0 Å². The van der Waals surface area contributed by atoms with Crippen LogP contribution in [0.5, 0.6) is 0 Å². The van der Waals surface area contributed by atoms with Gasteiger partial charge < -0.3 is 5.32 Å². The number of hydrogen-bond donors (Lipinski definition) is 2. The van der Waals surface area contributed by atoms with Crippen LogP contribution in [0.2, 0.25) is 0 Å². The molecule has 0 spiro atoms.